The van der Waals surface area contributed by atoms with Crippen LogP contribution in [0.3, 0.4) is 0 Å². The van der Waals surface area contributed by atoms with E-state index in [-0.39, 0.29) is 4.08 Å². The second-order valence-electron chi connectivity index (χ2n) is 6.53. The fourth-order valence-corrected chi connectivity index (χ4v) is 6.44. The molecule has 1 heterocycles. The Bertz CT molecular complexity index is 489. The third-order valence-corrected chi connectivity index (χ3v) is 7.68. The van der Waals surface area contributed by atoms with Crippen LogP contribution in [0.2, 0.25) is 0 Å². The van der Waals surface area contributed by atoms with Crippen molar-refractivity contribution in [2.24, 2.45) is 0 Å². The van der Waals surface area contributed by atoms with Crippen LogP contribution in [-0.4, -0.2) is 44.6 Å². The summed E-state index contributed by atoms with van der Waals surface area (Å²) < 4.78 is 5.65. The SMILES string of the molecule is C=CCC1(C[C@@H](O)C[C@H](O)CCOCc2ccccc2)SCCCS1. The number of hydrogen-bond donors (Lipinski definition) is 2. The summed E-state index contributed by atoms with van der Waals surface area (Å²) >= 11 is 3.87. The number of ether oxygens (including phenoxy) is 1. The van der Waals surface area contributed by atoms with E-state index < -0.39 is 12.2 Å². The summed E-state index contributed by atoms with van der Waals surface area (Å²) in [6.45, 7) is 4.93. The van der Waals surface area contributed by atoms with Gasteiger partial charge in [-0.3, -0.25) is 0 Å². The highest BCUT2D eigenvalue weighted by Gasteiger charge is 2.35. The van der Waals surface area contributed by atoms with E-state index in [9.17, 15) is 10.2 Å². The van der Waals surface area contributed by atoms with Crippen molar-refractivity contribution in [3.63, 3.8) is 0 Å². The van der Waals surface area contributed by atoms with Gasteiger partial charge in [0.2, 0.25) is 0 Å². The van der Waals surface area contributed by atoms with Crippen LogP contribution in [0.4, 0.5) is 0 Å². The third kappa shape index (κ3) is 7.75. The number of benzene rings is 1. The average molecular weight is 383 g/mol. The van der Waals surface area contributed by atoms with Crippen LogP contribution in [0, 0.1) is 0 Å². The van der Waals surface area contributed by atoms with Crippen molar-refractivity contribution in [3.8, 4) is 0 Å². The lowest BCUT2D eigenvalue weighted by Gasteiger charge is -2.37. The summed E-state index contributed by atoms with van der Waals surface area (Å²) in [5, 5.41) is 20.6. The minimum absolute atomic E-state index is 0.0307. The first kappa shape index (κ1) is 20.8. The third-order valence-electron chi connectivity index (χ3n) is 4.27. The number of hydrogen-bond acceptors (Lipinski definition) is 5. The summed E-state index contributed by atoms with van der Waals surface area (Å²) in [4.78, 5) is 0. The van der Waals surface area contributed by atoms with Gasteiger partial charge in [-0.15, -0.1) is 30.1 Å². The minimum Gasteiger partial charge on any atom is -0.393 e. The maximum absolute atomic E-state index is 10.4. The summed E-state index contributed by atoms with van der Waals surface area (Å²) in [6.07, 6.45) is 4.74. The Hall–Kier alpha value is -0.460. The summed E-state index contributed by atoms with van der Waals surface area (Å²) in [5.74, 6) is 2.28. The van der Waals surface area contributed by atoms with Crippen LogP contribution < -0.4 is 0 Å². The molecule has 1 aromatic carbocycles. The number of rotatable bonds is 11. The fraction of sp³-hybridized carbons (Fsp3) is 0.600. The molecule has 1 aliphatic rings. The van der Waals surface area contributed by atoms with Crippen molar-refractivity contribution >= 4 is 23.5 Å². The molecule has 0 amide bonds. The van der Waals surface area contributed by atoms with Crippen molar-refractivity contribution in [1.29, 1.82) is 0 Å². The second-order valence-corrected chi connectivity index (χ2v) is 9.74. The molecule has 2 atom stereocenters. The van der Waals surface area contributed by atoms with Crippen molar-refractivity contribution in [2.75, 3.05) is 18.1 Å². The van der Waals surface area contributed by atoms with Gasteiger partial charge in [-0.1, -0.05) is 36.4 Å². The standard InChI is InChI=1S/C20H30O3S2/c1-2-10-20(24-12-6-13-25-20)15-19(22)14-18(21)9-11-23-16-17-7-4-3-5-8-17/h2-5,7-8,18-19,21-22H,1,6,9-16H2/t18-,19+/m1/s1. The molecule has 25 heavy (non-hydrogen) atoms. The van der Waals surface area contributed by atoms with Gasteiger partial charge in [-0.25, -0.2) is 0 Å². The van der Waals surface area contributed by atoms with Gasteiger partial charge in [0.1, 0.15) is 0 Å². The molecule has 0 aliphatic carbocycles. The van der Waals surface area contributed by atoms with E-state index in [4.69, 9.17) is 4.74 Å². The van der Waals surface area contributed by atoms with Crippen LogP contribution in [0.15, 0.2) is 43.0 Å². The molecular weight excluding hydrogens is 352 g/mol. The van der Waals surface area contributed by atoms with Crippen molar-refractivity contribution in [1.82, 2.24) is 0 Å². The predicted molar refractivity (Wildman–Crippen MR) is 109 cm³/mol. The zero-order chi connectivity index (χ0) is 18.0. The molecule has 5 heteroatoms. The van der Waals surface area contributed by atoms with Crippen LogP contribution in [0.1, 0.15) is 37.7 Å². The molecule has 1 fully saturated rings. The Morgan fingerprint density at radius 1 is 1.16 bits per heavy atom. The van der Waals surface area contributed by atoms with Gasteiger partial charge in [0.05, 0.1) is 22.9 Å². The van der Waals surface area contributed by atoms with E-state index in [1.54, 1.807) is 0 Å². The second kappa shape index (κ2) is 11.3. The van der Waals surface area contributed by atoms with Gasteiger partial charge < -0.3 is 14.9 Å². The Labute approximate surface area is 160 Å². The highest BCUT2D eigenvalue weighted by atomic mass is 32.2. The summed E-state index contributed by atoms with van der Waals surface area (Å²) in [7, 11) is 0. The molecule has 0 unspecified atom stereocenters. The molecule has 1 aliphatic heterocycles. The normalized spacial score (nSPS) is 19.3. The molecule has 1 saturated heterocycles. The van der Waals surface area contributed by atoms with Crippen LogP contribution in [0.25, 0.3) is 0 Å². The number of thioether (sulfide) groups is 2. The molecule has 0 bridgehead atoms. The van der Waals surface area contributed by atoms with E-state index in [0.717, 1.165) is 23.5 Å². The lowest BCUT2D eigenvalue weighted by Crippen LogP contribution is -2.31. The van der Waals surface area contributed by atoms with E-state index in [2.05, 4.69) is 6.58 Å². The largest absolute Gasteiger partial charge is 0.393 e. The molecule has 0 spiro atoms. The topological polar surface area (TPSA) is 49.7 Å². The predicted octanol–water partition coefficient (Wildman–Crippen LogP) is 4.24. The summed E-state index contributed by atoms with van der Waals surface area (Å²) in [5.41, 5.74) is 1.13. The van der Waals surface area contributed by atoms with Gasteiger partial charge in [0.25, 0.3) is 0 Å². The van der Waals surface area contributed by atoms with Crippen molar-refractivity contribution < 1.29 is 14.9 Å². The first-order valence-electron chi connectivity index (χ1n) is 9.00. The smallest absolute Gasteiger partial charge is 0.0716 e. The van der Waals surface area contributed by atoms with E-state index in [1.807, 2.05) is 59.9 Å². The monoisotopic (exact) mass is 382 g/mol. The zero-order valence-corrected chi connectivity index (χ0v) is 16.4. The van der Waals surface area contributed by atoms with Gasteiger partial charge in [0.15, 0.2) is 0 Å². The van der Waals surface area contributed by atoms with Gasteiger partial charge in [-0.2, -0.15) is 0 Å². The maximum atomic E-state index is 10.4. The van der Waals surface area contributed by atoms with E-state index in [1.165, 1.54) is 6.42 Å². The molecule has 2 N–H and O–H groups in total. The molecule has 2 rings (SSSR count). The lowest BCUT2D eigenvalue weighted by atomic mass is 10.0. The van der Waals surface area contributed by atoms with Gasteiger partial charge in [-0.05, 0) is 49.2 Å². The Morgan fingerprint density at radius 3 is 2.56 bits per heavy atom. The van der Waals surface area contributed by atoms with Crippen LogP contribution >= 0.6 is 23.5 Å². The molecule has 0 radical (unpaired) electrons. The number of aliphatic hydroxyl groups is 2. The molecule has 0 aromatic heterocycles. The minimum atomic E-state index is -0.523. The van der Waals surface area contributed by atoms with Crippen molar-refractivity contribution in [2.45, 2.75) is 55.0 Å². The number of allylic oxidation sites excluding steroid dienone is 1. The van der Waals surface area contributed by atoms with E-state index >= 15 is 0 Å². The average Bonchev–Trinajstić information content (AvgIpc) is 2.60. The zero-order valence-electron chi connectivity index (χ0n) is 14.8. The van der Waals surface area contributed by atoms with Gasteiger partial charge >= 0.3 is 0 Å². The highest BCUT2D eigenvalue weighted by molar-refractivity contribution is 8.18. The Morgan fingerprint density at radius 2 is 1.88 bits per heavy atom. The quantitative estimate of drug-likeness (QED) is 0.443. The molecular formula is C20H30O3S2. The lowest BCUT2D eigenvalue weighted by molar-refractivity contribution is 0.0385. The Balaban J connectivity index is 1.66. The van der Waals surface area contributed by atoms with E-state index in [0.29, 0.717) is 32.5 Å². The fourth-order valence-electron chi connectivity index (χ4n) is 3.01. The first-order chi connectivity index (χ1) is 12.1. The van der Waals surface area contributed by atoms with Crippen LogP contribution in [0.5, 0.6) is 0 Å². The van der Waals surface area contributed by atoms with Gasteiger partial charge in [0, 0.05) is 6.61 Å². The molecule has 0 saturated carbocycles. The molecule has 1 aromatic rings. The van der Waals surface area contributed by atoms with Crippen LogP contribution in [-0.2, 0) is 11.3 Å². The number of aliphatic hydroxyl groups excluding tert-OH is 2. The van der Waals surface area contributed by atoms with Crippen molar-refractivity contribution in [3.05, 3.63) is 48.6 Å². The molecule has 3 nitrogen and oxygen atoms in total. The highest BCUT2D eigenvalue weighted by Crippen LogP contribution is 2.48. The summed E-state index contributed by atoms with van der Waals surface area (Å²) in [6, 6.07) is 10.0. The maximum Gasteiger partial charge on any atom is 0.0716 e. The Kier molecular flexibility index (Phi) is 9.42. The molecule has 140 valence electrons. The first-order valence-corrected chi connectivity index (χ1v) is 11.0.